The fourth-order valence-electron chi connectivity index (χ4n) is 1.86. The lowest BCUT2D eigenvalue weighted by Crippen LogP contribution is -1.94. The summed E-state index contributed by atoms with van der Waals surface area (Å²) in [6.07, 6.45) is 0. The van der Waals surface area contributed by atoms with Gasteiger partial charge in [-0.3, -0.25) is 0 Å². The minimum Gasteiger partial charge on any atom is -0.478 e. The van der Waals surface area contributed by atoms with Crippen LogP contribution in [0.25, 0.3) is 22.6 Å². The molecule has 0 bridgehead atoms. The molecule has 0 saturated heterocycles. The van der Waals surface area contributed by atoms with Gasteiger partial charge in [0, 0.05) is 10.0 Å². The highest BCUT2D eigenvalue weighted by molar-refractivity contribution is 9.10. The van der Waals surface area contributed by atoms with Crippen molar-refractivity contribution < 1.29 is 18.7 Å². The highest BCUT2D eigenvalue weighted by atomic mass is 79.9. The van der Waals surface area contributed by atoms with E-state index in [1.807, 2.05) is 0 Å². The van der Waals surface area contributed by atoms with Crippen LogP contribution in [-0.4, -0.2) is 16.1 Å². The van der Waals surface area contributed by atoms with Gasteiger partial charge in [0.05, 0.1) is 5.56 Å². The zero-order valence-corrected chi connectivity index (χ0v) is 11.5. The fraction of sp³-hybridized carbons (Fsp3) is 0. The van der Waals surface area contributed by atoms with Crippen molar-refractivity contribution >= 4 is 33.0 Å². The summed E-state index contributed by atoms with van der Waals surface area (Å²) in [6.45, 7) is 0. The van der Waals surface area contributed by atoms with Crippen LogP contribution in [-0.2, 0) is 0 Å². The van der Waals surface area contributed by atoms with Crippen LogP contribution in [0, 0.1) is 5.82 Å². The lowest BCUT2D eigenvalue weighted by Gasteiger charge is -1.97. The van der Waals surface area contributed by atoms with Crippen LogP contribution in [0.2, 0.25) is 0 Å². The molecule has 0 radical (unpaired) electrons. The van der Waals surface area contributed by atoms with Crippen molar-refractivity contribution in [2.45, 2.75) is 0 Å². The first-order chi connectivity index (χ1) is 9.52. The predicted octanol–water partition coefficient (Wildman–Crippen LogP) is 4.09. The molecular weight excluding hydrogens is 329 g/mol. The SMILES string of the molecule is O=C(O)c1ccc2oc(-c3cc(F)cc(Br)c3)nc2c1. The molecule has 2 aromatic carbocycles. The number of oxazole rings is 1. The van der Waals surface area contributed by atoms with Crippen molar-refractivity contribution in [3.63, 3.8) is 0 Å². The van der Waals surface area contributed by atoms with Gasteiger partial charge in [0.25, 0.3) is 0 Å². The summed E-state index contributed by atoms with van der Waals surface area (Å²) in [6, 6.07) is 8.68. The number of carboxylic acid groups (broad SMARTS) is 1. The topological polar surface area (TPSA) is 63.3 Å². The first kappa shape index (κ1) is 12.8. The van der Waals surface area contributed by atoms with Gasteiger partial charge in [0.15, 0.2) is 5.58 Å². The van der Waals surface area contributed by atoms with E-state index >= 15 is 0 Å². The molecule has 1 aromatic heterocycles. The predicted molar refractivity (Wildman–Crippen MR) is 74.1 cm³/mol. The summed E-state index contributed by atoms with van der Waals surface area (Å²) in [7, 11) is 0. The van der Waals surface area contributed by atoms with Gasteiger partial charge in [-0.05, 0) is 36.4 Å². The molecule has 3 rings (SSSR count). The van der Waals surface area contributed by atoms with Crippen LogP contribution in [0.3, 0.4) is 0 Å². The van der Waals surface area contributed by atoms with Crippen molar-refractivity contribution in [2.75, 3.05) is 0 Å². The Hall–Kier alpha value is -2.21. The number of benzene rings is 2. The average molecular weight is 336 g/mol. The maximum Gasteiger partial charge on any atom is 0.335 e. The molecule has 0 saturated carbocycles. The Morgan fingerprint density at radius 1 is 1.25 bits per heavy atom. The van der Waals surface area contributed by atoms with Crippen molar-refractivity contribution in [2.24, 2.45) is 0 Å². The van der Waals surface area contributed by atoms with Crippen molar-refractivity contribution in [3.8, 4) is 11.5 Å². The summed E-state index contributed by atoms with van der Waals surface area (Å²) >= 11 is 3.20. The van der Waals surface area contributed by atoms with E-state index in [1.165, 1.54) is 30.3 Å². The minimum absolute atomic E-state index is 0.123. The first-order valence-corrected chi connectivity index (χ1v) is 6.42. The van der Waals surface area contributed by atoms with Crippen LogP contribution in [0.1, 0.15) is 10.4 Å². The highest BCUT2D eigenvalue weighted by Gasteiger charge is 2.12. The third kappa shape index (κ3) is 2.30. The van der Waals surface area contributed by atoms with E-state index in [1.54, 1.807) is 6.07 Å². The van der Waals surface area contributed by atoms with Crippen LogP contribution in [0.5, 0.6) is 0 Å². The second kappa shape index (κ2) is 4.72. The number of rotatable bonds is 2. The van der Waals surface area contributed by atoms with Crippen molar-refractivity contribution in [3.05, 3.63) is 52.3 Å². The second-order valence-electron chi connectivity index (χ2n) is 4.16. The molecule has 1 N–H and O–H groups in total. The third-order valence-corrected chi connectivity index (χ3v) is 3.20. The summed E-state index contributed by atoms with van der Waals surface area (Å²) < 4.78 is 19.4. The molecule has 0 fully saturated rings. The molecule has 1 heterocycles. The van der Waals surface area contributed by atoms with E-state index < -0.39 is 11.8 Å². The minimum atomic E-state index is -1.04. The monoisotopic (exact) mass is 335 g/mol. The molecule has 0 aliphatic rings. The molecule has 0 aliphatic heterocycles. The van der Waals surface area contributed by atoms with Gasteiger partial charge >= 0.3 is 5.97 Å². The number of aromatic nitrogens is 1. The van der Waals surface area contributed by atoms with E-state index in [4.69, 9.17) is 9.52 Å². The molecule has 6 heteroatoms. The third-order valence-electron chi connectivity index (χ3n) is 2.74. The van der Waals surface area contributed by atoms with Crippen LogP contribution >= 0.6 is 15.9 Å². The Balaban J connectivity index is 2.15. The summed E-state index contributed by atoms with van der Waals surface area (Å²) in [5.74, 6) is -1.21. The molecule has 20 heavy (non-hydrogen) atoms. The number of carbonyl (C=O) groups is 1. The molecule has 0 spiro atoms. The Labute approximate surface area is 121 Å². The van der Waals surface area contributed by atoms with Crippen molar-refractivity contribution in [1.29, 1.82) is 0 Å². The van der Waals surface area contributed by atoms with Crippen LogP contribution < -0.4 is 0 Å². The molecular formula is C14H7BrFNO3. The smallest absolute Gasteiger partial charge is 0.335 e. The largest absolute Gasteiger partial charge is 0.478 e. The van der Waals surface area contributed by atoms with E-state index in [-0.39, 0.29) is 11.5 Å². The number of carboxylic acids is 1. The molecule has 0 unspecified atom stereocenters. The number of nitrogens with zero attached hydrogens (tertiary/aromatic N) is 1. The van der Waals surface area contributed by atoms with E-state index in [0.717, 1.165) is 0 Å². The zero-order chi connectivity index (χ0) is 14.3. The number of hydrogen-bond acceptors (Lipinski definition) is 3. The molecule has 3 aromatic rings. The van der Waals surface area contributed by atoms with Gasteiger partial charge in [0.1, 0.15) is 11.3 Å². The number of aromatic carboxylic acids is 1. The molecule has 0 atom stereocenters. The van der Waals surface area contributed by atoms with Crippen LogP contribution in [0.15, 0.2) is 45.3 Å². The summed E-state index contributed by atoms with van der Waals surface area (Å²) in [4.78, 5) is 15.1. The Morgan fingerprint density at radius 2 is 2.05 bits per heavy atom. The standard InChI is InChI=1S/C14H7BrFNO3/c15-9-3-8(4-10(16)6-9)13-17-11-5-7(14(18)19)1-2-12(11)20-13/h1-6H,(H,18,19). The number of hydrogen-bond donors (Lipinski definition) is 1. The van der Waals surface area contributed by atoms with Crippen LogP contribution in [0.4, 0.5) is 4.39 Å². The molecule has 0 aliphatic carbocycles. The molecule has 0 amide bonds. The normalized spacial score (nSPS) is 10.9. The Morgan fingerprint density at radius 3 is 2.75 bits per heavy atom. The van der Waals surface area contributed by atoms with E-state index in [9.17, 15) is 9.18 Å². The maximum absolute atomic E-state index is 13.4. The average Bonchev–Trinajstić information content (AvgIpc) is 2.80. The van der Waals surface area contributed by atoms with Gasteiger partial charge in [-0.1, -0.05) is 15.9 Å². The van der Waals surface area contributed by atoms with E-state index in [0.29, 0.717) is 21.1 Å². The fourth-order valence-corrected chi connectivity index (χ4v) is 2.33. The zero-order valence-electron chi connectivity index (χ0n) is 9.93. The number of fused-ring (bicyclic) bond motifs is 1. The quantitative estimate of drug-likeness (QED) is 0.765. The van der Waals surface area contributed by atoms with Gasteiger partial charge in [-0.15, -0.1) is 0 Å². The van der Waals surface area contributed by atoms with E-state index in [2.05, 4.69) is 20.9 Å². The van der Waals surface area contributed by atoms with Gasteiger partial charge in [0.2, 0.25) is 5.89 Å². The Bertz CT molecular complexity index is 808. The first-order valence-electron chi connectivity index (χ1n) is 5.63. The second-order valence-corrected chi connectivity index (χ2v) is 5.08. The highest BCUT2D eigenvalue weighted by Crippen LogP contribution is 2.27. The van der Waals surface area contributed by atoms with Gasteiger partial charge in [-0.25, -0.2) is 14.2 Å². The number of halogens is 2. The van der Waals surface area contributed by atoms with Gasteiger partial charge < -0.3 is 9.52 Å². The summed E-state index contributed by atoms with van der Waals surface area (Å²) in [5.41, 5.74) is 1.47. The molecule has 4 nitrogen and oxygen atoms in total. The maximum atomic E-state index is 13.4. The van der Waals surface area contributed by atoms with Gasteiger partial charge in [-0.2, -0.15) is 0 Å². The summed E-state index contributed by atoms with van der Waals surface area (Å²) in [5, 5.41) is 8.93. The van der Waals surface area contributed by atoms with Crippen molar-refractivity contribution in [1.82, 2.24) is 4.98 Å². The molecule has 100 valence electrons. The lowest BCUT2D eigenvalue weighted by atomic mass is 10.2. The Kier molecular flexibility index (Phi) is 3.02. The lowest BCUT2D eigenvalue weighted by molar-refractivity contribution is 0.0697.